The maximum Gasteiger partial charge on any atom is 0.222 e. The summed E-state index contributed by atoms with van der Waals surface area (Å²) in [6, 6.07) is 11.9. The molecule has 0 aliphatic rings. The first-order chi connectivity index (χ1) is 14.4. The lowest BCUT2D eigenvalue weighted by Gasteiger charge is -2.18. The highest BCUT2D eigenvalue weighted by Gasteiger charge is 2.16. The number of nitrogens with zero attached hydrogens (tertiary/aromatic N) is 1. The summed E-state index contributed by atoms with van der Waals surface area (Å²) >= 11 is 0. The average molecular weight is 546 g/mol. The molecule has 0 saturated heterocycles. The van der Waals surface area contributed by atoms with Crippen LogP contribution in [0.25, 0.3) is 0 Å². The van der Waals surface area contributed by atoms with Crippen molar-refractivity contribution in [2.75, 3.05) is 19.6 Å². The van der Waals surface area contributed by atoms with Gasteiger partial charge in [-0.1, -0.05) is 18.2 Å². The normalized spacial score (nSPS) is 13.0. The number of primary amides is 1. The van der Waals surface area contributed by atoms with Crippen LogP contribution in [-0.4, -0.2) is 37.6 Å². The van der Waals surface area contributed by atoms with E-state index in [2.05, 4.69) is 15.6 Å². The van der Waals surface area contributed by atoms with Gasteiger partial charge in [0.15, 0.2) is 5.96 Å². The maximum absolute atomic E-state index is 13.3. The van der Waals surface area contributed by atoms with Crippen LogP contribution in [0.3, 0.4) is 0 Å². The smallest absolute Gasteiger partial charge is 0.222 e. The topological polar surface area (TPSA) is 88.7 Å². The minimum atomic E-state index is -0.521. The molecule has 31 heavy (non-hydrogen) atoms. The predicted molar refractivity (Wildman–Crippen MR) is 129 cm³/mol. The van der Waals surface area contributed by atoms with Crippen molar-refractivity contribution in [2.24, 2.45) is 16.6 Å². The summed E-state index contributed by atoms with van der Waals surface area (Å²) in [5.41, 5.74) is 6.33. The molecule has 2 unspecified atom stereocenters. The number of hydrogen-bond acceptors (Lipinski definition) is 3. The number of rotatable bonds is 10. The molecule has 4 N–H and O–H groups in total. The van der Waals surface area contributed by atoms with Gasteiger partial charge in [0.25, 0.3) is 0 Å². The third-order valence-electron chi connectivity index (χ3n) is 4.30. The van der Waals surface area contributed by atoms with Gasteiger partial charge in [-0.05, 0) is 50.1 Å². The lowest BCUT2D eigenvalue weighted by molar-refractivity contribution is -0.121. The van der Waals surface area contributed by atoms with Gasteiger partial charge in [-0.3, -0.25) is 9.79 Å². The van der Waals surface area contributed by atoms with Crippen molar-refractivity contribution in [3.8, 4) is 5.75 Å². The van der Waals surface area contributed by atoms with Gasteiger partial charge >= 0.3 is 0 Å². The van der Waals surface area contributed by atoms with Gasteiger partial charge in [0.05, 0.1) is 19.0 Å². The standard InChI is InChI=1S/C22H28F2N4O2.HI/c1-3-26-22(27-13-15(2)30-20-6-4-5-19(24)12-20)28-14-17(21(25)29)11-16-7-9-18(23)10-8-16;/h4-10,12,15,17H,3,11,13-14H2,1-2H3,(H2,25,29)(H2,26,27,28);1H. The fourth-order valence-corrected chi connectivity index (χ4v) is 2.76. The number of carbonyl (C=O) groups excluding carboxylic acids is 1. The highest BCUT2D eigenvalue weighted by molar-refractivity contribution is 14.0. The monoisotopic (exact) mass is 546 g/mol. The molecule has 9 heteroatoms. The highest BCUT2D eigenvalue weighted by Crippen LogP contribution is 2.13. The van der Waals surface area contributed by atoms with Crippen molar-refractivity contribution in [3.05, 3.63) is 65.7 Å². The first-order valence-electron chi connectivity index (χ1n) is 9.85. The lowest BCUT2D eigenvalue weighted by Crippen LogP contribution is -2.42. The van der Waals surface area contributed by atoms with Crippen LogP contribution in [0.5, 0.6) is 5.75 Å². The summed E-state index contributed by atoms with van der Waals surface area (Å²) < 4.78 is 32.0. The van der Waals surface area contributed by atoms with E-state index >= 15 is 0 Å². The van der Waals surface area contributed by atoms with E-state index in [4.69, 9.17) is 10.5 Å². The predicted octanol–water partition coefficient (Wildman–Crippen LogP) is 3.25. The third-order valence-corrected chi connectivity index (χ3v) is 4.30. The Morgan fingerprint density at radius 3 is 2.45 bits per heavy atom. The number of amides is 1. The molecule has 0 bridgehead atoms. The summed E-state index contributed by atoms with van der Waals surface area (Å²) in [5.74, 6) is -0.729. The Morgan fingerprint density at radius 1 is 1.13 bits per heavy atom. The van der Waals surface area contributed by atoms with Crippen LogP contribution in [0.15, 0.2) is 53.5 Å². The van der Waals surface area contributed by atoms with E-state index in [1.165, 1.54) is 24.3 Å². The Hall–Kier alpha value is -2.43. The molecule has 0 heterocycles. The molecule has 0 spiro atoms. The van der Waals surface area contributed by atoms with Gasteiger partial charge in [-0.25, -0.2) is 8.78 Å². The Labute approximate surface area is 198 Å². The second-order valence-corrected chi connectivity index (χ2v) is 6.92. The van der Waals surface area contributed by atoms with E-state index in [0.717, 1.165) is 5.56 Å². The van der Waals surface area contributed by atoms with Gasteiger partial charge in [-0.2, -0.15) is 0 Å². The lowest BCUT2D eigenvalue weighted by atomic mass is 9.99. The molecule has 0 saturated carbocycles. The number of benzene rings is 2. The van der Waals surface area contributed by atoms with Crippen molar-refractivity contribution in [1.29, 1.82) is 0 Å². The first kappa shape index (κ1) is 26.6. The number of nitrogens with one attached hydrogen (secondary N) is 2. The highest BCUT2D eigenvalue weighted by atomic mass is 127. The minimum absolute atomic E-state index is 0. The minimum Gasteiger partial charge on any atom is -0.489 e. The summed E-state index contributed by atoms with van der Waals surface area (Å²) in [6.07, 6.45) is 0.124. The zero-order valence-corrected chi connectivity index (χ0v) is 19.9. The van der Waals surface area contributed by atoms with Gasteiger partial charge in [0, 0.05) is 12.6 Å². The molecule has 0 aliphatic heterocycles. The molecule has 2 atom stereocenters. The van der Waals surface area contributed by atoms with Crippen LogP contribution in [0.2, 0.25) is 0 Å². The van der Waals surface area contributed by atoms with Gasteiger partial charge < -0.3 is 21.1 Å². The molecule has 0 aromatic heterocycles. The number of guanidine groups is 1. The van der Waals surface area contributed by atoms with Crippen LogP contribution in [0.4, 0.5) is 8.78 Å². The first-order valence-corrected chi connectivity index (χ1v) is 9.85. The molecule has 6 nitrogen and oxygen atoms in total. The Balaban J connectivity index is 0.00000480. The van der Waals surface area contributed by atoms with E-state index < -0.39 is 11.8 Å². The molecule has 0 aliphatic carbocycles. The molecule has 2 aromatic carbocycles. The Kier molecular flexibility index (Phi) is 11.8. The van der Waals surface area contributed by atoms with Crippen molar-refractivity contribution in [1.82, 2.24) is 10.6 Å². The second kappa shape index (κ2) is 13.8. The molecular formula is C22H29F2IN4O2. The summed E-state index contributed by atoms with van der Waals surface area (Å²) in [4.78, 5) is 16.3. The van der Waals surface area contributed by atoms with E-state index in [1.807, 2.05) is 13.8 Å². The number of carbonyl (C=O) groups is 1. The zero-order chi connectivity index (χ0) is 21.9. The number of ether oxygens (including phenoxy) is 1. The van der Waals surface area contributed by atoms with Gasteiger partial charge in [-0.15, -0.1) is 24.0 Å². The molecule has 2 aromatic rings. The maximum atomic E-state index is 13.3. The van der Waals surface area contributed by atoms with E-state index in [1.54, 1.807) is 24.3 Å². The fraction of sp³-hybridized carbons (Fsp3) is 0.364. The summed E-state index contributed by atoms with van der Waals surface area (Å²) in [5, 5.41) is 6.24. The largest absolute Gasteiger partial charge is 0.489 e. The molecule has 0 radical (unpaired) electrons. The molecular weight excluding hydrogens is 517 g/mol. The van der Waals surface area contributed by atoms with Gasteiger partial charge in [0.1, 0.15) is 23.5 Å². The number of nitrogens with two attached hydrogens (primary N) is 1. The SMILES string of the molecule is CCNC(=NCC(Cc1ccc(F)cc1)C(N)=O)NCC(C)Oc1cccc(F)c1.I. The molecule has 0 fully saturated rings. The van der Waals surface area contributed by atoms with Crippen LogP contribution >= 0.6 is 24.0 Å². The molecule has 170 valence electrons. The quantitative estimate of drug-likeness (QED) is 0.243. The molecule has 1 amide bonds. The van der Waals surface area contributed by atoms with Crippen LogP contribution in [-0.2, 0) is 11.2 Å². The second-order valence-electron chi connectivity index (χ2n) is 6.92. The van der Waals surface area contributed by atoms with E-state index in [0.29, 0.717) is 31.2 Å². The summed E-state index contributed by atoms with van der Waals surface area (Å²) in [7, 11) is 0. The van der Waals surface area contributed by atoms with Crippen molar-refractivity contribution < 1.29 is 18.3 Å². The average Bonchev–Trinajstić information content (AvgIpc) is 2.70. The Morgan fingerprint density at radius 2 is 1.84 bits per heavy atom. The third kappa shape index (κ3) is 9.95. The summed E-state index contributed by atoms with van der Waals surface area (Å²) in [6.45, 7) is 5.00. The van der Waals surface area contributed by atoms with E-state index in [-0.39, 0.29) is 48.3 Å². The van der Waals surface area contributed by atoms with Gasteiger partial charge in [0.2, 0.25) is 5.91 Å². The number of halogens is 3. The number of hydrogen-bond donors (Lipinski definition) is 3. The van der Waals surface area contributed by atoms with Crippen molar-refractivity contribution >= 4 is 35.8 Å². The Bertz CT molecular complexity index is 850. The fourth-order valence-electron chi connectivity index (χ4n) is 2.76. The van der Waals surface area contributed by atoms with Crippen LogP contribution < -0.4 is 21.1 Å². The number of aliphatic imine (C=N–C) groups is 1. The molecule has 2 rings (SSSR count). The zero-order valence-electron chi connectivity index (χ0n) is 17.6. The van der Waals surface area contributed by atoms with Crippen molar-refractivity contribution in [2.45, 2.75) is 26.4 Å². The van der Waals surface area contributed by atoms with E-state index in [9.17, 15) is 13.6 Å². The van der Waals surface area contributed by atoms with Crippen molar-refractivity contribution in [3.63, 3.8) is 0 Å². The van der Waals surface area contributed by atoms with Crippen LogP contribution in [0, 0.1) is 17.6 Å². The van der Waals surface area contributed by atoms with Crippen LogP contribution in [0.1, 0.15) is 19.4 Å².